The van der Waals surface area contributed by atoms with Crippen LogP contribution in [0.15, 0.2) is 24.3 Å². The number of rotatable bonds is 0. The Morgan fingerprint density at radius 2 is 1.42 bits per heavy atom. The van der Waals surface area contributed by atoms with Gasteiger partial charge >= 0.3 is 0 Å². The van der Waals surface area contributed by atoms with E-state index in [2.05, 4.69) is 104 Å². The van der Waals surface area contributed by atoms with Gasteiger partial charge in [-0.25, -0.2) is 0 Å². The molecule has 3 nitrogen and oxygen atoms in total. The van der Waals surface area contributed by atoms with Crippen molar-refractivity contribution in [1.29, 1.82) is 0 Å². The van der Waals surface area contributed by atoms with Gasteiger partial charge in [0.25, 0.3) is 0 Å². The maximum Gasteiger partial charge on any atom is 0.102 e. The van der Waals surface area contributed by atoms with E-state index in [1.807, 2.05) is 0 Å². The third-order valence-electron chi connectivity index (χ3n) is 7.25. The molecule has 0 aliphatic heterocycles. The second-order valence-electron chi connectivity index (χ2n) is 13.2. The van der Waals surface area contributed by atoms with Crippen LogP contribution in [0.5, 0.6) is 0 Å². The van der Waals surface area contributed by atoms with Crippen molar-refractivity contribution in [1.82, 2.24) is 14.4 Å². The van der Waals surface area contributed by atoms with Crippen molar-refractivity contribution in [3.05, 3.63) is 52.8 Å². The number of fused-ring (bicyclic) bond motifs is 6. The van der Waals surface area contributed by atoms with Gasteiger partial charge in [0.15, 0.2) is 0 Å². The average molecular weight is 619 g/mol. The molecule has 0 bridgehead atoms. The molecule has 4 aromatic rings. The molecule has 2 aromatic carbocycles. The molecule has 177 valence electrons. The van der Waals surface area contributed by atoms with Crippen molar-refractivity contribution < 1.29 is 20.1 Å². The molecule has 0 amide bonds. The summed E-state index contributed by atoms with van der Waals surface area (Å²) in [7, 11) is 0. The minimum Gasteiger partial charge on any atom is -0.321 e. The maximum absolute atomic E-state index is 5.22. The molecule has 0 spiro atoms. The average Bonchev–Trinajstić information content (AvgIpc) is 3.10. The minimum absolute atomic E-state index is 0. The molecule has 4 heteroatoms. The summed E-state index contributed by atoms with van der Waals surface area (Å²) in [5, 5.41) is 1.00. The minimum atomic E-state index is -0.119. The Kier molecular flexibility index (Phi) is 5.25. The van der Waals surface area contributed by atoms with Gasteiger partial charge in [-0.15, -0.1) is 23.8 Å². The summed E-state index contributed by atoms with van der Waals surface area (Å²) >= 11 is 0. The molecule has 0 N–H and O–H groups in total. The van der Waals surface area contributed by atoms with Crippen LogP contribution in [0.3, 0.4) is 0 Å². The number of aromatic nitrogens is 3. The Morgan fingerprint density at radius 3 is 2.00 bits per heavy atom. The summed E-state index contributed by atoms with van der Waals surface area (Å²) in [6.07, 6.45) is 1.15. The van der Waals surface area contributed by atoms with Crippen LogP contribution in [0.2, 0.25) is 0 Å². The van der Waals surface area contributed by atoms with Crippen LogP contribution < -0.4 is 0 Å². The van der Waals surface area contributed by atoms with Gasteiger partial charge in [0, 0.05) is 25.5 Å². The van der Waals surface area contributed by atoms with E-state index in [1.54, 1.807) is 0 Å². The number of nitrogens with zero attached hydrogens (tertiary/aromatic N) is 3. The van der Waals surface area contributed by atoms with Crippen LogP contribution in [0.1, 0.15) is 98.2 Å². The second-order valence-corrected chi connectivity index (χ2v) is 13.2. The zero-order chi connectivity index (χ0) is 23.4. The van der Waals surface area contributed by atoms with Gasteiger partial charge in [-0.1, -0.05) is 74.6 Å². The summed E-state index contributed by atoms with van der Waals surface area (Å²) in [5.74, 6) is 1.05. The van der Waals surface area contributed by atoms with Crippen LogP contribution in [-0.2, 0) is 41.8 Å². The van der Waals surface area contributed by atoms with E-state index in [0.29, 0.717) is 0 Å². The van der Waals surface area contributed by atoms with Gasteiger partial charge in [-0.05, 0) is 51.4 Å². The normalized spacial score (nSPS) is 17.5. The first kappa shape index (κ1) is 24.4. The van der Waals surface area contributed by atoms with Crippen molar-refractivity contribution in [3.8, 4) is 0 Å². The van der Waals surface area contributed by atoms with Gasteiger partial charge in [0.2, 0.25) is 0 Å². The molecule has 1 radical (unpaired) electrons. The monoisotopic (exact) mass is 619 g/mol. The SMILES string of the molecule is CC(C)(C)c1c[c-]c2c(c1)nc(C(C)(C)C)n1c3cc4c(cc3nc21)C(C)(C)CC4(C)C.[Ir]. The fraction of sp³-hybridized carbons (Fsp3) is 0.517. The molecular weight excluding hydrogens is 583 g/mol. The summed E-state index contributed by atoms with van der Waals surface area (Å²) in [5.41, 5.74) is 8.55. The Morgan fingerprint density at radius 1 is 0.818 bits per heavy atom. The van der Waals surface area contributed by atoms with Crippen molar-refractivity contribution in [2.24, 2.45) is 0 Å². The first-order chi connectivity index (χ1) is 14.6. The predicted octanol–water partition coefficient (Wildman–Crippen LogP) is 7.39. The van der Waals surface area contributed by atoms with Crippen molar-refractivity contribution in [3.63, 3.8) is 0 Å². The van der Waals surface area contributed by atoms with Gasteiger partial charge in [0.1, 0.15) is 5.82 Å². The molecule has 1 aliphatic carbocycles. The molecule has 0 fully saturated rings. The molecule has 0 saturated heterocycles. The van der Waals surface area contributed by atoms with Crippen molar-refractivity contribution in [2.45, 2.75) is 97.3 Å². The van der Waals surface area contributed by atoms with Crippen LogP contribution in [0.25, 0.3) is 27.6 Å². The Bertz CT molecular complexity index is 1410. The molecular formula is C29H36IrN3-. The van der Waals surface area contributed by atoms with E-state index in [1.165, 1.54) is 16.7 Å². The zero-order valence-corrected chi connectivity index (χ0v) is 24.1. The molecule has 0 unspecified atom stereocenters. The van der Waals surface area contributed by atoms with Crippen molar-refractivity contribution >= 4 is 27.6 Å². The Balaban J connectivity index is 0.00000259. The molecule has 33 heavy (non-hydrogen) atoms. The number of hydrogen-bond acceptors (Lipinski definition) is 2. The van der Waals surface area contributed by atoms with Gasteiger partial charge in [0.05, 0.1) is 16.7 Å². The van der Waals surface area contributed by atoms with Crippen LogP contribution in [0, 0.1) is 6.07 Å². The number of benzene rings is 2. The van der Waals surface area contributed by atoms with Crippen LogP contribution in [-0.4, -0.2) is 14.4 Å². The first-order valence-electron chi connectivity index (χ1n) is 11.8. The van der Waals surface area contributed by atoms with E-state index in [9.17, 15) is 0 Å². The summed E-state index contributed by atoms with van der Waals surface area (Å²) in [6, 6.07) is 12.6. The standard InChI is InChI=1S/C29H36N3.Ir/c1-26(2,3)17-11-12-18-21(13-17)31-25(27(4,5)6)32-23-15-20-19(14-22(23)30-24(18)32)28(7,8)16-29(20,9)10;/h11,13-15H,16H2,1-10H3;/q-1;. The molecule has 0 saturated carbocycles. The maximum atomic E-state index is 5.22. The summed E-state index contributed by atoms with van der Waals surface area (Å²) < 4.78 is 2.30. The topological polar surface area (TPSA) is 30.2 Å². The van der Waals surface area contributed by atoms with Crippen LogP contribution in [0.4, 0.5) is 0 Å². The van der Waals surface area contributed by atoms with E-state index in [-0.39, 0.29) is 41.8 Å². The van der Waals surface area contributed by atoms with Gasteiger partial charge < -0.3 is 4.40 Å². The largest absolute Gasteiger partial charge is 0.321 e. The number of imidazole rings is 1. The van der Waals surface area contributed by atoms with Gasteiger partial charge in [-0.2, -0.15) is 0 Å². The fourth-order valence-corrected chi connectivity index (χ4v) is 5.77. The van der Waals surface area contributed by atoms with E-state index < -0.39 is 0 Å². The Labute approximate surface area is 211 Å². The smallest absolute Gasteiger partial charge is 0.102 e. The van der Waals surface area contributed by atoms with E-state index >= 15 is 0 Å². The van der Waals surface area contributed by atoms with Gasteiger partial charge in [-0.3, -0.25) is 9.97 Å². The van der Waals surface area contributed by atoms with Crippen molar-refractivity contribution in [2.75, 3.05) is 0 Å². The van der Waals surface area contributed by atoms with E-state index in [4.69, 9.17) is 9.97 Å². The third kappa shape index (κ3) is 3.65. The zero-order valence-electron chi connectivity index (χ0n) is 21.7. The first-order valence-corrected chi connectivity index (χ1v) is 11.8. The number of hydrogen-bond donors (Lipinski definition) is 0. The summed E-state index contributed by atoms with van der Waals surface area (Å²) in [4.78, 5) is 10.4. The molecule has 0 atom stereocenters. The molecule has 5 rings (SSSR count). The quantitative estimate of drug-likeness (QED) is 0.193. The van der Waals surface area contributed by atoms with E-state index in [0.717, 1.165) is 39.8 Å². The fourth-order valence-electron chi connectivity index (χ4n) is 5.77. The second kappa shape index (κ2) is 7.12. The molecule has 2 heterocycles. The summed E-state index contributed by atoms with van der Waals surface area (Å²) in [6.45, 7) is 22.9. The Hall–Kier alpha value is -1.77. The molecule has 2 aromatic heterocycles. The third-order valence-corrected chi connectivity index (χ3v) is 7.25. The van der Waals surface area contributed by atoms with Crippen LogP contribution >= 0.6 is 0 Å². The molecule has 1 aliphatic rings. The predicted molar refractivity (Wildman–Crippen MR) is 135 cm³/mol.